The summed E-state index contributed by atoms with van der Waals surface area (Å²) in [4.78, 5) is 2.44. The number of hydrogen-bond donors (Lipinski definition) is 0. The molecule has 1 nitrogen and oxygen atoms in total. The van der Waals surface area contributed by atoms with Crippen molar-refractivity contribution in [2.75, 3.05) is 4.90 Å². The molecule has 0 radical (unpaired) electrons. The van der Waals surface area contributed by atoms with Crippen molar-refractivity contribution in [1.29, 1.82) is 0 Å². The molecule has 1 aliphatic rings. The predicted molar refractivity (Wildman–Crippen MR) is 262 cm³/mol. The summed E-state index contributed by atoms with van der Waals surface area (Å²) in [5, 5.41) is 7.50. The smallest absolute Gasteiger partial charge is 0.0714 e. The molecule has 0 fully saturated rings. The van der Waals surface area contributed by atoms with Gasteiger partial charge in [-0.25, -0.2) is 0 Å². The van der Waals surface area contributed by atoms with Crippen LogP contribution in [0.4, 0.5) is 17.1 Å². The number of anilines is 3. The van der Waals surface area contributed by atoms with Gasteiger partial charge in [-0.15, -0.1) is 0 Å². The Morgan fingerprint density at radius 3 is 1.58 bits per heavy atom. The molecule has 12 rings (SSSR count). The van der Waals surface area contributed by atoms with Crippen LogP contribution in [0.5, 0.6) is 0 Å². The lowest BCUT2D eigenvalue weighted by Gasteiger charge is -2.35. The maximum Gasteiger partial charge on any atom is 0.0714 e. The third kappa shape index (κ3) is 5.70. The van der Waals surface area contributed by atoms with Crippen molar-refractivity contribution in [3.8, 4) is 33.4 Å². The highest BCUT2D eigenvalue weighted by molar-refractivity contribution is 6.08. The fourth-order valence-electron chi connectivity index (χ4n) is 10.3. The second-order valence-corrected chi connectivity index (χ2v) is 16.4. The first-order valence-electron chi connectivity index (χ1n) is 21.5. The molecule has 0 atom stereocenters. The summed E-state index contributed by atoms with van der Waals surface area (Å²) in [7, 11) is 0. The average Bonchev–Trinajstić information content (AvgIpc) is 3.65. The van der Waals surface area contributed by atoms with Gasteiger partial charge in [0.15, 0.2) is 0 Å². The van der Waals surface area contributed by atoms with Gasteiger partial charge in [0.25, 0.3) is 0 Å². The summed E-state index contributed by atoms with van der Waals surface area (Å²) >= 11 is 0. The van der Waals surface area contributed by atoms with Gasteiger partial charge >= 0.3 is 0 Å². The van der Waals surface area contributed by atoms with Crippen LogP contribution < -0.4 is 4.90 Å². The van der Waals surface area contributed by atoms with Gasteiger partial charge in [0.2, 0.25) is 0 Å². The minimum Gasteiger partial charge on any atom is -0.310 e. The third-order valence-electron chi connectivity index (χ3n) is 13.1. The molecule has 0 aliphatic heterocycles. The topological polar surface area (TPSA) is 3.24 Å². The van der Waals surface area contributed by atoms with Gasteiger partial charge in [-0.3, -0.25) is 0 Å². The second-order valence-electron chi connectivity index (χ2n) is 16.4. The normalized spacial score (nSPS) is 12.6. The lowest BCUT2D eigenvalue weighted by atomic mass is 9.67. The van der Waals surface area contributed by atoms with Crippen molar-refractivity contribution in [1.82, 2.24) is 0 Å². The maximum absolute atomic E-state index is 2.46. The third-order valence-corrected chi connectivity index (χ3v) is 13.1. The van der Waals surface area contributed by atoms with Crippen LogP contribution in [0, 0.1) is 0 Å². The quantitative estimate of drug-likeness (QED) is 0.145. The molecule has 0 bridgehead atoms. The molecule has 0 aromatic heterocycles. The van der Waals surface area contributed by atoms with Crippen LogP contribution in [0.25, 0.3) is 65.7 Å². The lowest BCUT2D eigenvalue weighted by Crippen LogP contribution is -2.28. The average molecular weight is 788 g/mol. The van der Waals surface area contributed by atoms with Crippen molar-refractivity contribution >= 4 is 49.4 Å². The molecular formula is C61H41N. The van der Waals surface area contributed by atoms with Gasteiger partial charge in [0, 0.05) is 17.1 Å². The number of rotatable bonds is 7. The Morgan fingerprint density at radius 1 is 0.258 bits per heavy atom. The van der Waals surface area contributed by atoms with E-state index in [1.807, 2.05) is 0 Å². The second kappa shape index (κ2) is 14.6. The van der Waals surface area contributed by atoms with Crippen LogP contribution in [0.3, 0.4) is 0 Å². The van der Waals surface area contributed by atoms with E-state index in [1.54, 1.807) is 0 Å². The van der Waals surface area contributed by atoms with E-state index in [0.717, 1.165) is 17.1 Å². The first-order valence-corrected chi connectivity index (χ1v) is 21.5. The Kier molecular flexibility index (Phi) is 8.47. The van der Waals surface area contributed by atoms with Crippen LogP contribution in [0.1, 0.15) is 22.3 Å². The largest absolute Gasteiger partial charge is 0.310 e. The van der Waals surface area contributed by atoms with Crippen molar-refractivity contribution in [3.05, 3.63) is 271 Å². The zero-order chi connectivity index (χ0) is 41.0. The maximum atomic E-state index is 2.46. The van der Waals surface area contributed by atoms with Crippen LogP contribution in [-0.2, 0) is 5.41 Å². The van der Waals surface area contributed by atoms with Crippen molar-refractivity contribution in [2.24, 2.45) is 0 Å². The summed E-state index contributed by atoms with van der Waals surface area (Å²) in [6.45, 7) is 0. The zero-order valence-corrected chi connectivity index (χ0v) is 34.1. The molecule has 62 heavy (non-hydrogen) atoms. The summed E-state index contributed by atoms with van der Waals surface area (Å²) in [5.74, 6) is 0. The number of benzene rings is 11. The Labute approximate surface area is 362 Å². The monoisotopic (exact) mass is 787 g/mol. The molecule has 0 unspecified atom stereocenters. The lowest BCUT2D eigenvalue weighted by molar-refractivity contribution is 0.768. The van der Waals surface area contributed by atoms with Crippen LogP contribution in [0.2, 0.25) is 0 Å². The van der Waals surface area contributed by atoms with E-state index < -0.39 is 5.41 Å². The van der Waals surface area contributed by atoms with Crippen molar-refractivity contribution in [3.63, 3.8) is 0 Å². The molecule has 290 valence electrons. The van der Waals surface area contributed by atoms with E-state index in [0.29, 0.717) is 0 Å². The van der Waals surface area contributed by atoms with Gasteiger partial charge in [0.05, 0.1) is 5.41 Å². The van der Waals surface area contributed by atoms with Crippen LogP contribution in [-0.4, -0.2) is 0 Å². The molecule has 1 heteroatoms. The fraction of sp³-hybridized carbons (Fsp3) is 0.0164. The van der Waals surface area contributed by atoms with Crippen LogP contribution >= 0.6 is 0 Å². The Morgan fingerprint density at radius 2 is 0.790 bits per heavy atom. The van der Waals surface area contributed by atoms with Gasteiger partial charge < -0.3 is 4.90 Å². The molecule has 0 amide bonds. The minimum absolute atomic E-state index is 0.503. The Balaban J connectivity index is 1.04. The van der Waals surface area contributed by atoms with E-state index in [2.05, 4.69) is 254 Å². The predicted octanol–water partition coefficient (Wildman–Crippen LogP) is 16.3. The minimum atomic E-state index is -0.503. The van der Waals surface area contributed by atoms with Gasteiger partial charge in [-0.1, -0.05) is 206 Å². The van der Waals surface area contributed by atoms with Crippen molar-refractivity contribution < 1.29 is 0 Å². The zero-order valence-electron chi connectivity index (χ0n) is 34.1. The highest BCUT2D eigenvalue weighted by Crippen LogP contribution is 2.57. The summed E-state index contributed by atoms with van der Waals surface area (Å²) in [6, 6.07) is 91.7. The fourth-order valence-corrected chi connectivity index (χ4v) is 10.3. The SMILES string of the molecule is c1ccc(C2(c3ccccc3)c3ccccc3-c3ccc(N(c4ccc(-c5cccc(-c6cccc7ccccc67)c5)cc4)c4ccc5c(ccc6ccccc65)c4)cc32)cc1. The standard InChI is InChI=1S/C61H41N/c1-3-20-48(21-4-1)61(49-22-5-2-6-23-49)59-28-12-11-26-57(59)58-38-36-52(41-60(58)61)62(51-35-37-56-47(40-51)30-29-44-16-8-10-25-54(44)56)50-33-31-42(32-34-50)45-18-13-19-46(39-45)55-27-14-17-43-15-7-9-24-53(43)55/h1-41H. The molecule has 0 N–H and O–H groups in total. The molecule has 1 aliphatic carbocycles. The molecule has 0 saturated heterocycles. The Bertz CT molecular complexity index is 3410. The molecule has 11 aromatic carbocycles. The molecule has 0 spiro atoms. The summed E-state index contributed by atoms with van der Waals surface area (Å²) in [6.07, 6.45) is 0. The van der Waals surface area contributed by atoms with Gasteiger partial charge in [0.1, 0.15) is 0 Å². The van der Waals surface area contributed by atoms with Crippen LogP contribution in [0.15, 0.2) is 249 Å². The van der Waals surface area contributed by atoms with Crippen molar-refractivity contribution in [2.45, 2.75) is 5.41 Å². The first-order chi connectivity index (χ1) is 30.7. The summed E-state index contributed by atoms with van der Waals surface area (Å²) in [5.41, 5.74) is 15.3. The summed E-state index contributed by atoms with van der Waals surface area (Å²) < 4.78 is 0. The Hall–Kier alpha value is -8.00. The molecule has 0 heterocycles. The van der Waals surface area contributed by atoms with E-state index in [-0.39, 0.29) is 0 Å². The number of fused-ring (bicyclic) bond motifs is 7. The first kappa shape index (κ1) is 35.9. The molecule has 11 aromatic rings. The van der Waals surface area contributed by atoms with Gasteiger partial charge in [-0.05, 0) is 130 Å². The van der Waals surface area contributed by atoms with E-state index in [1.165, 1.54) is 88.0 Å². The number of nitrogens with zero attached hydrogens (tertiary/aromatic N) is 1. The van der Waals surface area contributed by atoms with E-state index in [9.17, 15) is 0 Å². The van der Waals surface area contributed by atoms with E-state index in [4.69, 9.17) is 0 Å². The van der Waals surface area contributed by atoms with Gasteiger partial charge in [-0.2, -0.15) is 0 Å². The van der Waals surface area contributed by atoms with E-state index >= 15 is 0 Å². The number of hydrogen-bond acceptors (Lipinski definition) is 1. The molecular weight excluding hydrogens is 747 g/mol. The highest BCUT2D eigenvalue weighted by Gasteiger charge is 2.46. The molecule has 0 saturated carbocycles. The highest BCUT2D eigenvalue weighted by atomic mass is 15.1.